The number of nitrogens with zero attached hydrogens (tertiary/aromatic N) is 2. The molecule has 124 valence electrons. The molecule has 0 aliphatic heterocycles. The standard InChI is InChI=1S/C18H19N3O2S/c1-11-9-15(24-13(11)3)18-20-16(21-23-18)10-17(22)19-12(2)14-7-5-4-6-8-14/h4-9,12H,10H2,1-3H3,(H,19,22)/t12-/m0/s1. The minimum absolute atomic E-state index is 0.0623. The first-order valence-corrected chi connectivity index (χ1v) is 8.59. The molecule has 2 aromatic heterocycles. The zero-order chi connectivity index (χ0) is 17.1. The normalized spacial score (nSPS) is 12.1. The van der Waals surface area contributed by atoms with E-state index in [1.807, 2.05) is 50.2 Å². The molecule has 0 aliphatic carbocycles. The number of hydrogen-bond acceptors (Lipinski definition) is 5. The summed E-state index contributed by atoms with van der Waals surface area (Å²) in [5, 5.41) is 6.86. The van der Waals surface area contributed by atoms with Crippen molar-refractivity contribution in [3.63, 3.8) is 0 Å². The molecule has 24 heavy (non-hydrogen) atoms. The predicted molar refractivity (Wildman–Crippen MR) is 93.8 cm³/mol. The second-order valence-electron chi connectivity index (χ2n) is 5.74. The van der Waals surface area contributed by atoms with Crippen LogP contribution in [0.4, 0.5) is 0 Å². The van der Waals surface area contributed by atoms with Crippen LogP contribution in [0.1, 0.15) is 34.8 Å². The molecule has 1 N–H and O–H groups in total. The first-order chi connectivity index (χ1) is 11.5. The molecule has 0 saturated carbocycles. The molecule has 0 saturated heterocycles. The molecule has 1 aromatic carbocycles. The van der Waals surface area contributed by atoms with Crippen molar-refractivity contribution >= 4 is 17.2 Å². The number of carbonyl (C=O) groups is 1. The van der Waals surface area contributed by atoms with E-state index >= 15 is 0 Å². The SMILES string of the molecule is Cc1cc(-c2nc(CC(=O)N[C@@H](C)c3ccccc3)no2)sc1C. The van der Waals surface area contributed by atoms with Crippen LogP contribution < -0.4 is 5.32 Å². The highest BCUT2D eigenvalue weighted by atomic mass is 32.1. The van der Waals surface area contributed by atoms with E-state index in [-0.39, 0.29) is 18.4 Å². The second-order valence-corrected chi connectivity index (χ2v) is 7.00. The maximum atomic E-state index is 12.2. The highest BCUT2D eigenvalue weighted by molar-refractivity contribution is 7.15. The Morgan fingerprint density at radius 1 is 1.29 bits per heavy atom. The summed E-state index contributed by atoms with van der Waals surface area (Å²) < 4.78 is 5.28. The number of benzene rings is 1. The third-order valence-electron chi connectivity index (χ3n) is 3.84. The molecule has 1 amide bonds. The van der Waals surface area contributed by atoms with Crippen molar-refractivity contribution in [2.45, 2.75) is 33.2 Å². The lowest BCUT2D eigenvalue weighted by Gasteiger charge is -2.13. The van der Waals surface area contributed by atoms with Gasteiger partial charge in [-0.15, -0.1) is 11.3 Å². The van der Waals surface area contributed by atoms with E-state index in [0.29, 0.717) is 11.7 Å². The van der Waals surface area contributed by atoms with Gasteiger partial charge in [0.05, 0.1) is 17.3 Å². The van der Waals surface area contributed by atoms with E-state index in [4.69, 9.17) is 4.52 Å². The Morgan fingerprint density at radius 2 is 2.04 bits per heavy atom. The van der Waals surface area contributed by atoms with E-state index < -0.39 is 0 Å². The summed E-state index contributed by atoms with van der Waals surface area (Å²) in [4.78, 5) is 18.7. The smallest absolute Gasteiger partial charge is 0.268 e. The lowest BCUT2D eigenvalue weighted by Crippen LogP contribution is -2.28. The average molecular weight is 341 g/mol. The minimum Gasteiger partial charge on any atom is -0.349 e. The van der Waals surface area contributed by atoms with E-state index in [0.717, 1.165) is 10.4 Å². The minimum atomic E-state index is -0.128. The van der Waals surface area contributed by atoms with Gasteiger partial charge in [-0.1, -0.05) is 35.5 Å². The summed E-state index contributed by atoms with van der Waals surface area (Å²) in [7, 11) is 0. The second kappa shape index (κ2) is 6.97. The van der Waals surface area contributed by atoms with Crippen LogP contribution in [-0.2, 0) is 11.2 Å². The first kappa shape index (κ1) is 16.4. The number of nitrogens with one attached hydrogen (secondary N) is 1. The molecule has 3 rings (SSSR count). The largest absolute Gasteiger partial charge is 0.349 e. The fraction of sp³-hybridized carbons (Fsp3) is 0.278. The zero-order valence-corrected chi connectivity index (χ0v) is 14.7. The molecular formula is C18H19N3O2S. The first-order valence-electron chi connectivity index (χ1n) is 7.77. The predicted octanol–water partition coefficient (Wildman–Crippen LogP) is 3.83. The Bertz CT molecular complexity index is 820. The van der Waals surface area contributed by atoms with Crippen LogP contribution in [0, 0.1) is 13.8 Å². The third-order valence-corrected chi connectivity index (χ3v) is 4.98. The summed E-state index contributed by atoms with van der Waals surface area (Å²) in [6, 6.07) is 11.8. The number of thiophene rings is 1. The van der Waals surface area contributed by atoms with Gasteiger partial charge in [-0.2, -0.15) is 4.98 Å². The molecule has 3 aromatic rings. The van der Waals surface area contributed by atoms with E-state index in [1.165, 1.54) is 10.4 Å². The Kier molecular flexibility index (Phi) is 4.76. The van der Waals surface area contributed by atoms with Crippen LogP contribution in [0.15, 0.2) is 40.9 Å². The molecule has 6 heteroatoms. The van der Waals surface area contributed by atoms with Gasteiger partial charge in [0.15, 0.2) is 5.82 Å². The maximum absolute atomic E-state index is 12.2. The van der Waals surface area contributed by atoms with Crippen molar-refractivity contribution in [3.8, 4) is 10.8 Å². The molecule has 1 atom stereocenters. The molecule has 0 radical (unpaired) electrons. The van der Waals surface area contributed by atoms with Gasteiger partial charge in [0.2, 0.25) is 5.91 Å². The summed E-state index contributed by atoms with van der Waals surface area (Å²) in [5.41, 5.74) is 2.26. The average Bonchev–Trinajstić information content (AvgIpc) is 3.15. The van der Waals surface area contributed by atoms with Crippen LogP contribution >= 0.6 is 11.3 Å². The van der Waals surface area contributed by atoms with Crippen LogP contribution in [0.3, 0.4) is 0 Å². The van der Waals surface area contributed by atoms with E-state index in [9.17, 15) is 4.79 Å². The Hall–Kier alpha value is -2.47. The lowest BCUT2D eigenvalue weighted by molar-refractivity contribution is -0.121. The number of hydrogen-bond donors (Lipinski definition) is 1. The Morgan fingerprint density at radius 3 is 2.71 bits per heavy atom. The number of rotatable bonds is 5. The highest BCUT2D eigenvalue weighted by Gasteiger charge is 2.16. The number of amides is 1. The van der Waals surface area contributed by atoms with Crippen molar-refractivity contribution in [1.29, 1.82) is 0 Å². The zero-order valence-electron chi connectivity index (χ0n) is 13.9. The van der Waals surface area contributed by atoms with Gasteiger partial charge in [-0.05, 0) is 38.0 Å². The van der Waals surface area contributed by atoms with Gasteiger partial charge >= 0.3 is 0 Å². The molecule has 0 fully saturated rings. The van der Waals surface area contributed by atoms with Crippen LogP contribution in [0.2, 0.25) is 0 Å². The summed E-state index contributed by atoms with van der Waals surface area (Å²) in [6.45, 7) is 6.05. The van der Waals surface area contributed by atoms with Crippen molar-refractivity contribution in [3.05, 3.63) is 58.2 Å². The van der Waals surface area contributed by atoms with Gasteiger partial charge in [0, 0.05) is 4.88 Å². The highest BCUT2D eigenvalue weighted by Crippen LogP contribution is 2.29. The fourth-order valence-electron chi connectivity index (χ4n) is 2.37. The molecule has 0 unspecified atom stereocenters. The summed E-state index contributed by atoms with van der Waals surface area (Å²) in [5.74, 6) is 0.735. The van der Waals surface area contributed by atoms with Crippen molar-refractivity contribution in [2.24, 2.45) is 0 Å². The fourth-order valence-corrected chi connectivity index (χ4v) is 3.32. The van der Waals surface area contributed by atoms with Gasteiger partial charge in [0.1, 0.15) is 0 Å². The Labute approximate surface area is 144 Å². The number of carbonyl (C=O) groups excluding carboxylic acids is 1. The van der Waals surface area contributed by atoms with Gasteiger partial charge in [-0.25, -0.2) is 0 Å². The maximum Gasteiger partial charge on any atom is 0.268 e. The lowest BCUT2D eigenvalue weighted by atomic mass is 10.1. The monoisotopic (exact) mass is 341 g/mol. The van der Waals surface area contributed by atoms with Crippen LogP contribution in [0.25, 0.3) is 10.8 Å². The third kappa shape index (κ3) is 3.71. The molecule has 0 bridgehead atoms. The van der Waals surface area contributed by atoms with E-state index in [2.05, 4.69) is 22.4 Å². The Balaban J connectivity index is 1.63. The van der Waals surface area contributed by atoms with Crippen molar-refractivity contribution in [1.82, 2.24) is 15.5 Å². The molecule has 2 heterocycles. The molecule has 0 spiro atoms. The van der Waals surface area contributed by atoms with E-state index in [1.54, 1.807) is 11.3 Å². The van der Waals surface area contributed by atoms with Crippen LogP contribution in [0.5, 0.6) is 0 Å². The number of aryl methyl sites for hydroxylation is 2. The summed E-state index contributed by atoms with van der Waals surface area (Å²) >= 11 is 1.61. The van der Waals surface area contributed by atoms with Crippen molar-refractivity contribution < 1.29 is 9.32 Å². The van der Waals surface area contributed by atoms with Gasteiger partial charge < -0.3 is 9.84 Å². The van der Waals surface area contributed by atoms with Gasteiger partial charge in [0.25, 0.3) is 5.89 Å². The summed E-state index contributed by atoms with van der Waals surface area (Å²) in [6.07, 6.45) is 0.101. The molecule has 0 aliphatic rings. The quantitative estimate of drug-likeness (QED) is 0.766. The molecular weight excluding hydrogens is 322 g/mol. The number of aromatic nitrogens is 2. The van der Waals surface area contributed by atoms with Crippen LogP contribution in [-0.4, -0.2) is 16.0 Å². The molecule has 5 nitrogen and oxygen atoms in total. The van der Waals surface area contributed by atoms with Gasteiger partial charge in [-0.3, -0.25) is 4.79 Å². The van der Waals surface area contributed by atoms with Crippen molar-refractivity contribution in [2.75, 3.05) is 0 Å². The topological polar surface area (TPSA) is 68.0 Å².